The van der Waals surface area contributed by atoms with E-state index >= 15 is 0 Å². The van der Waals surface area contributed by atoms with E-state index in [4.69, 9.17) is 19.3 Å². The van der Waals surface area contributed by atoms with Crippen LogP contribution in [0.15, 0.2) is 4.99 Å². The second-order valence-corrected chi connectivity index (χ2v) is 6.26. The summed E-state index contributed by atoms with van der Waals surface area (Å²) in [5.41, 5.74) is -0.639. The van der Waals surface area contributed by atoms with Crippen LogP contribution < -0.4 is 5.32 Å². The fraction of sp³-hybridized carbons (Fsp3) is 0.800. The quantitative estimate of drug-likeness (QED) is 0.654. The zero-order chi connectivity index (χ0) is 17.5. The molecule has 0 aromatic heterocycles. The van der Waals surface area contributed by atoms with Crippen molar-refractivity contribution >= 4 is 18.0 Å². The number of carboxylic acid groups (broad SMARTS) is 1. The van der Waals surface area contributed by atoms with Crippen LogP contribution in [0.1, 0.15) is 40.5 Å². The van der Waals surface area contributed by atoms with E-state index in [1.54, 1.807) is 20.8 Å². The number of alkyl carbamates (subject to hydrolysis) is 1. The van der Waals surface area contributed by atoms with Crippen LogP contribution in [0.3, 0.4) is 0 Å². The topological polar surface area (TPSA) is 106 Å². The molecule has 2 N–H and O–H groups in total. The monoisotopic (exact) mass is 330 g/mol. The number of nitrogens with one attached hydrogen (secondary N) is 1. The summed E-state index contributed by atoms with van der Waals surface area (Å²) in [6, 6.07) is -1.63. The van der Waals surface area contributed by atoms with Crippen molar-refractivity contribution in [3.63, 3.8) is 0 Å². The van der Waals surface area contributed by atoms with Crippen LogP contribution >= 0.6 is 0 Å². The highest BCUT2D eigenvalue weighted by atomic mass is 16.6. The molecular weight excluding hydrogens is 304 g/mol. The van der Waals surface area contributed by atoms with Crippen molar-refractivity contribution in [2.75, 3.05) is 19.8 Å². The molecule has 1 amide bonds. The number of carbonyl (C=O) groups excluding carboxylic acids is 1. The van der Waals surface area contributed by atoms with Crippen molar-refractivity contribution in [3.8, 4) is 0 Å². The van der Waals surface area contributed by atoms with Crippen molar-refractivity contribution in [1.82, 2.24) is 5.32 Å². The van der Waals surface area contributed by atoms with Gasteiger partial charge in [0.05, 0.1) is 6.61 Å². The molecule has 1 aliphatic heterocycles. The van der Waals surface area contributed by atoms with Gasteiger partial charge < -0.3 is 24.6 Å². The van der Waals surface area contributed by atoms with Gasteiger partial charge in [-0.2, -0.15) is 0 Å². The third-order valence-corrected chi connectivity index (χ3v) is 2.87. The van der Waals surface area contributed by atoms with Gasteiger partial charge in [-0.1, -0.05) is 13.3 Å². The van der Waals surface area contributed by atoms with E-state index in [-0.39, 0.29) is 19.1 Å². The molecule has 2 atom stereocenters. The molecule has 1 heterocycles. The number of hydrogen-bond donors (Lipinski definition) is 2. The van der Waals surface area contributed by atoms with Gasteiger partial charge in [0, 0.05) is 6.61 Å². The second-order valence-electron chi connectivity index (χ2n) is 6.26. The molecule has 0 saturated heterocycles. The Hall–Kier alpha value is -1.83. The lowest BCUT2D eigenvalue weighted by atomic mass is 10.2. The number of carbonyl (C=O) groups is 2. The van der Waals surface area contributed by atoms with Gasteiger partial charge in [-0.05, 0) is 27.2 Å². The summed E-state index contributed by atoms with van der Waals surface area (Å²) in [5, 5.41) is 11.6. The Balaban J connectivity index is 2.67. The molecule has 0 fully saturated rings. The normalized spacial score (nSPS) is 18.8. The molecule has 23 heavy (non-hydrogen) atoms. The Morgan fingerprint density at radius 3 is 2.70 bits per heavy atom. The molecule has 0 radical (unpaired) electrons. The van der Waals surface area contributed by atoms with E-state index in [9.17, 15) is 9.59 Å². The van der Waals surface area contributed by atoms with Gasteiger partial charge in [-0.3, -0.25) is 0 Å². The minimum absolute atomic E-state index is 0.0495. The molecule has 8 heteroatoms. The van der Waals surface area contributed by atoms with Crippen LogP contribution in [0, 0.1) is 0 Å². The Kier molecular flexibility index (Phi) is 7.28. The Labute approximate surface area is 136 Å². The van der Waals surface area contributed by atoms with Crippen molar-refractivity contribution in [3.05, 3.63) is 0 Å². The lowest BCUT2D eigenvalue weighted by molar-refractivity contribution is -0.138. The fourth-order valence-electron chi connectivity index (χ4n) is 1.78. The van der Waals surface area contributed by atoms with Crippen LogP contribution in [0.5, 0.6) is 0 Å². The smallest absolute Gasteiger partial charge is 0.408 e. The molecule has 0 aromatic rings. The number of aliphatic imine (C=N–C) groups is 1. The zero-order valence-corrected chi connectivity index (χ0v) is 14.1. The molecule has 1 rings (SSSR count). The van der Waals surface area contributed by atoms with Gasteiger partial charge in [0.25, 0.3) is 0 Å². The first kappa shape index (κ1) is 19.2. The van der Waals surface area contributed by atoms with Crippen LogP contribution in [0.25, 0.3) is 0 Å². The summed E-state index contributed by atoms with van der Waals surface area (Å²) in [6.45, 7) is 7.94. The summed E-state index contributed by atoms with van der Waals surface area (Å²) in [6.07, 6.45) is 1.25. The minimum atomic E-state index is -1.07. The van der Waals surface area contributed by atoms with Gasteiger partial charge in [0.15, 0.2) is 6.04 Å². The molecule has 0 saturated carbocycles. The van der Waals surface area contributed by atoms with Crippen LogP contribution in [0.2, 0.25) is 0 Å². The van der Waals surface area contributed by atoms with E-state index in [2.05, 4.69) is 10.3 Å². The molecule has 0 bridgehead atoms. The van der Waals surface area contributed by atoms with E-state index in [1.165, 1.54) is 0 Å². The fourth-order valence-corrected chi connectivity index (χ4v) is 1.78. The summed E-state index contributed by atoms with van der Waals surface area (Å²) < 4.78 is 16.0. The first-order valence-electron chi connectivity index (χ1n) is 7.73. The van der Waals surface area contributed by atoms with Gasteiger partial charge >= 0.3 is 12.1 Å². The lowest BCUT2D eigenvalue weighted by Gasteiger charge is -2.23. The standard InChI is InChI=1S/C15H26N2O6/c1-5-6-7-21-8-10(17-14(20)23-15(2,3)4)12-16-11(9-22-12)13(18)19/h10-11H,5-9H2,1-4H3,(H,17,20)(H,18,19). The van der Waals surface area contributed by atoms with Gasteiger partial charge in [0.1, 0.15) is 18.2 Å². The number of rotatable bonds is 8. The molecule has 132 valence electrons. The molecular formula is C15H26N2O6. The summed E-state index contributed by atoms with van der Waals surface area (Å²) in [5.74, 6) is -0.914. The highest BCUT2D eigenvalue weighted by molar-refractivity contribution is 5.90. The van der Waals surface area contributed by atoms with Crippen molar-refractivity contribution in [2.45, 2.75) is 58.2 Å². The maximum Gasteiger partial charge on any atom is 0.408 e. The predicted octanol–water partition coefficient (Wildman–Crippen LogP) is 1.58. The van der Waals surface area contributed by atoms with Crippen LogP contribution in [-0.2, 0) is 19.0 Å². The average molecular weight is 330 g/mol. The number of nitrogens with zero attached hydrogens (tertiary/aromatic N) is 1. The maximum absolute atomic E-state index is 11.9. The van der Waals surface area contributed by atoms with Gasteiger partial charge in [0.2, 0.25) is 5.90 Å². The highest BCUT2D eigenvalue weighted by Gasteiger charge is 2.32. The van der Waals surface area contributed by atoms with E-state index in [0.717, 1.165) is 12.8 Å². The molecule has 1 aliphatic rings. The molecule has 0 spiro atoms. The van der Waals surface area contributed by atoms with E-state index < -0.39 is 29.7 Å². The van der Waals surface area contributed by atoms with Gasteiger partial charge in [-0.25, -0.2) is 14.6 Å². The Morgan fingerprint density at radius 1 is 1.48 bits per heavy atom. The maximum atomic E-state index is 11.9. The highest BCUT2D eigenvalue weighted by Crippen LogP contribution is 2.11. The summed E-state index contributed by atoms with van der Waals surface area (Å²) in [7, 11) is 0. The lowest BCUT2D eigenvalue weighted by Crippen LogP contribution is -2.46. The van der Waals surface area contributed by atoms with Crippen molar-refractivity contribution < 1.29 is 28.9 Å². The molecule has 2 unspecified atom stereocenters. The number of unbranched alkanes of at least 4 members (excludes halogenated alkanes) is 1. The summed E-state index contributed by atoms with van der Waals surface area (Å²) >= 11 is 0. The van der Waals surface area contributed by atoms with E-state index in [1.807, 2.05) is 6.92 Å². The summed E-state index contributed by atoms with van der Waals surface area (Å²) in [4.78, 5) is 26.8. The third-order valence-electron chi connectivity index (χ3n) is 2.87. The van der Waals surface area contributed by atoms with Crippen molar-refractivity contribution in [2.24, 2.45) is 4.99 Å². The first-order chi connectivity index (χ1) is 10.7. The number of ether oxygens (including phenoxy) is 3. The number of amides is 1. The SMILES string of the molecule is CCCCOCC(NC(=O)OC(C)(C)C)C1=NC(C(=O)O)CO1. The van der Waals surface area contributed by atoms with Crippen LogP contribution in [-0.4, -0.2) is 60.6 Å². The predicted molar refractivity (Wildman–Crippen MR) is 83.7 cm³/mol. The first-order valence-corrected chi connectivity index (χ1v) is 7.73. The van der Waals surface area contributed by atoms with Crippen molar-refractivity contribution in [1.29, 1.82) is 0 Å². The largest absolute Gasteiger partial charge is 0.480 e. The Morgan fingerprint density at radius 2 is 2.17 bits per heavy atom. The van der Waals surface area contributed by atoms with Gasteiger partial charge in [-0.15, -0.1) is 0 Å². The van der Waals surface area contributed by atoms with E-state index in [0.29, 0.717) is 6.61 Å². The average Bonchev–Trinajstić information content (AvgIpc) is 2.90. The molecule has 0 aliphatic carbocycles. The molecule has 0 aromatic carbocycles. The second kappa shape index (κ2) is 8.71. The number of hydrogen-bond acceptors (Lipinski definition) is 6. The molecule has 8 nitrogen and oxygen atoms in total. The Bertz CT molecular complexity index is 444. The number of aliphatic carboxylic acids is 1. The third kappa shape index (κ3) is 7.32. The minimum Gasteiger partial charge on any atom is -0.480 e. The van der Waals surface area contributed by atoms with Crippen LogP contribution in [0.4, 0.5) is 4.79 Å². The zero-order valence-electron chi connectivity index (χ0n) is 14.1. The number of carboxylic acids is 1.